The number of halogens is 2. The van der Waals surface area contributed by atoms with Crippen molar-refractivity contribution in [1.82, 2.24) is 0 Å². The number of ketones is 1. The van der Waals surface area contributed by atoms with Crippen LogP contribution in [0.25, 0.3) is 0 Å². The van der Waals surface area contributed by atoms with Crippen LogP contribution in [-0.4, -0.2) is 5.78 Å². The molecular weight excluding hydrogens is 235 g/mol. The normalized spacial score (nSPS) is 10.3. The molecule has 0 radical (unpaired) electrons. The van der Waals surface area contributed by atoms with Crippen LogP contribution < -0.4 is 0 Å². The minimum atomic E-state index is -0.351. The standard InChI is InChI=1S/C11H6ClFOS/c12-8-5-10(15-6-8)11(14)7-1-3-9(13)4-2-7/h1-6H. The summed E-state index contributed by atoms with van der Waals surface area (Å²) in [6, 6.07) is 7.07. The summed E-state index contributed by atoms with van der Waals surface area (Å²) in [4.78, 5) is 12.4. The number of carbonyl (C=O) groups excluding carboxylic acids is 1. The first kappa shape index (κ1) is 10.3. The molecule has 0 bridgehead atoms. The Morgan fingerprint density at radius 2 is 1.93 bits per heavy atom. The third-order valence-electron chi connectivity index (χ3n) is 1.90. The second-order valence-corrected chi connectivity index (χ2v) is 4.31. The van der Waals surface area contributed by atoms with Crippen molar-refractivity contribution in [2.75, 3.05) is 0 Å². The second-order valence-electron chi connectivity index (χ2n) is 2.97. The van der Waals surface area contributed by atoms with Gasteiger partial charge in [-0.25, -0.2) is 4.39 Å². The van der Waals surface area contributed by atoms with Crippen molar-refractivity contribution in [1.29, 1.82) is 0 Å². The van der Waals surface area contributed by atoms with E-state index < -0.39 is 0 Å². The minimum absolute atomic E-state index is 0.132. The summed E-state index contributed by atoms with van der Waals surface area (Å²) in [6.07, 6.45) is 0. The van der Waals surface area contributed by atoms with Crippen LogP contribution in [0, 0.1) is 5.82 Å². The number of hydrogen-bond donors (Lipinski definition) is 0. The molecule has 0 N–H and O–H groups in total. The van der Waals surface area contributed by atoms with Gasteiger partial charge >= 0.3 is 0 Å². The predicted octanol–water partition coefficient (Wildman–Crippen LogP) is 3.77. The van der Waals surface area contributed by atoms with Crippen LogP contribution in [0.5, 0.6) is 0 Å². The monoisotopic (exact) mass is 240 g/mol. The zero-order chi connectivity index (χ0) is 10.8. The number of carbonyl (C=O) groups is 1. The first-order valence-electron chi connectivity index (χ1n) is 4.21. The number of rotatable bonds is 2. The summed E-state index contributed by atoms with van der Waals surface area (Å²) < 4.78 is 12.6. The SMILES string of the molecule is O=C(c1ccc(F)cc1)c1cc(Cl)cs1. The number of hydrogen-bond acceptors (Lipinski definition) is 2. The van der Waals surface area contributed by atoms with E-state index in [1.807, 2.05) is 0 Å². The summed E-state index contributed by atoms with van der Waals surface area (Å²) in [5.74, 6) is -0.484. The Bertz CT molecular complexity index is 490. The molecule has 15 heavy (non-hydrogen) atoms. The topological polar surface area (TPSA) is 17.1 Å². The van der Waals surface area contributed by atoms with Crippen LogP contribution in [0.1, 0.15) is 15.2 Å². The van der Waals surface area contributed by atoms with Crippen molar-refractivity contribution in [2.24, 2.45) is 0 Å². The maximum Gasteiger partial charge on any atom is 0.202 e. The molecule has 2 aromatic rings. The highest BCUT2D eigenvalue weighted by Gasteiger charge is 2.11. The first-order chi connectivity index (χ1) is 7.16. The zero-order valence-electron chi connectivity index (χ0n) is 7.54. The van der Waals surface area contributed by atoms with Crippen molar-refractivity contribution in [2.45, 2.75) is 0 Å². The Kier molecular flexibility index (Phi) is 2.84. The Balaban J connectivity index is 2.32. The molecule has 0 aliphatic heterocycles. The fourth-order valence-electron chi connectivity index (χ4n) is 1.18. The number of thiophene rings is 1. The van der Waals surface area contributed by atoms with E-state index in [0.29, 0.717) is 15.5 Å². The molecule has 76 valence electrons. The van der Waals surface area contributed by atoms with Gasteiger partial charge < -0.3 is 0 Å². The van der Waals surface area contributed by atoms with Crippen LogP contribution in [0.2, 0.25) is 5.02 Å². The molecule has 0 aliphatic carbocycles. The molecule has 0 fully saturated rings. The average Bonchev–Trinajstić information content (AvgIpc) is 2.65. The van der Waals surface area contributed by atoms with E-state index in [1.54, 1.807) is 11.4 Å². The van der Waals surface area contributed by atoms with Gasteiger partial charge in [-0.1, -0.05) is 11.6 Å². The van der Waals surface area contributed by atoms with Gasteiger partial charge in [-0.2, -0.15) is 0 Å². The third-order valence-corrected chi connectivity index (χ3v) is 3.17. The summed E-state index contributed by atoms with van der Waals surface area (Å²) >= 11 is 7.00. The smallest absolute Gasteiger partial charge is 0.202 e. The quantitative estimate of drug-likeness (QED) is 0.731. The van der Waals surface area contributed by atoms with Crippen LogP contribution in [0.4, 0.5) is 4.39 Å². The highest BCUT2D eigenvalue weighted by Crippen LogP contribution is 2.22. The Morgan fingerprint density at radius 1 is 1.27 bits per heavy atom. The van der Waals surface area contributed by atoms with E-state index in [0.717, 1.165) is 0 Å². The van der Waals surface area contributed by atoms with Gasteiger partial charge in [0.25, 0.3) is 0 Å². The van der Waals surface area contributed by atoms with Gasteiger partial charge in [0.2, 0.25) is 5.78 Å². The van der Waals surface area contributed by atoms with E-state index in [1.165, 1.54) is 35.6 Å². The largest absolute Gasteiger partial charge is 0.288 e. The van der Waals surface area contributed by atoms with Crippen LogP contribution in [-0.2, 0) is 0 Å². The molecule has 1 heterocycles. The fraction of sp³-hybridized carbons (Fsp3) is 0. The Hall–Kier alpha value is -1.19. The molecule has 2 rings (SSSR count). The van der Waals surface area contributed by atoms with Crippen LogP contribution >= 0.6 is 22.9 Å². The summed E-state index contributed by atoms with van der Waals surface area (Å²) in [5.41, 5.74) is 0.468. The van der Waals surface area contributed by atoms with Gasteiger partial charge in [-0.05, 0) is 30.3 Å². The van der Waals surface area contributed by atoms with E-state index in [-0.39, 0.29) is 11.6 Å². The van der Waals surface area contributed by atoms with Crippen molar-refractivity contribution >= 4 is 28.7 Å². The highest BCUT2D eigenvalue weighted by atomic mass is 35.5. The Labute approximate surface area is 95.1 Å². The lowest BCUT2D eigenvalue weighted by Crippen LogP contribution is -1.97. The van der Waals surface area contributed by atoms with Crippen molar-refractivity contribution in [3.63, 3.8) is 0 Å². The molecule has 0 aliphatic rings. The maximum atomic E-state index is 12.6. The lowest BCUT2D eigenvalue weighted by Gasteiger charge is -1.96. The lowest BCUT2D eigenvalue weighted by atomic mass is 10.1. The van der Waals surface area contributed by atoms with Gasteiger partial charge in [-0.3, -0.25) is 4.79 Å². The highest BCUT2D eigenvalue weighted by molar-refractivity contribution is 7.12. The summed E-state index contributed by atoms with van der Waals surface area (Å²) in [5, 5.41) is 2.24. The van der Waals surface area contributed by atoms with Gasteiger partial charge in [0, 0.05) is 10.9 Å². The van der Waals surface area contributed by atoms with Crippen molar-refractivity contribution in [3.8, 4) is 0 Å². The van der Waals surface area contributed by atoms with Gasteiger partial charge in [0.1, 0.15) is 5.82 Å². The van der Waals surface area contributed by atoms with Crippen LogP contribution in [0.15, 0.2) is 35.7 Å². The lowest BCUT2D eigenvalue weighted by molar-refractivity contribution is 0.104. The molecule has 4 heteroatoms. The molecule has 1 nitrogen and oxygen atoms in total. The number of benzene rings is 1. The zero-order valence-corrected chi connectivity index (χ0v) is 9.11. The molecule has 0 atom stereocenters. The molecule has 0 amide bonds. The molecule has 1 aromatic heterocycles. The minimum Gasteiger partial charge on any atom is -0.288 e. The van der Waals surface area contributed by atoms with E-state index in [2.05, 4.69) is 0 Å². The van der Waals surface area contributed by atoms with E-state index in [4.69, 9.17) is 11.6 Å². The molecule has 0 saturated heterocycles. The summed E-state index contributed by atoms with van der Waals surface area (Å²) in [7, 11) is 0. The summed E-state index contributed by atoms with van der Waals surface area (Å²) in [6.45, 7) is 0. The average molecular weight is 241 g/mol. The molecule has 0 spiro atoms. The molecule has 0 unspecified atom stereocenters. The second kappa shape index (κ2) is 4.13. The maximum absolute atomic E-state index is 12.6. The first-order valence-corrected chi connectivity index (χ1v) is 5.47. The van der Waals surface area contributed by atoms with Crippen LogP contribution in [0.3, 0.4) is 0 Å². The van der Waals surface area contributed by atoms with Gasteiger partial charge in [-0.15, -0.1) is 11.3 Å². The van der Waals surface area contributed by atoms with Crippen molar-refractivity contribution < 1.29 is 9.18 Å². The fourth-order valence-corrected chi connectivity index (χ4v) is 2.21. The van der Waals surface area contributed by atoms with Gasteiger partial charge in [0.05, 0.1) is 9.90 Å². The van der Waals surface area contributed by atoms with E-state index in [9.17, 15) is 9.18 Å². The molecule has 1 aromatic carbocycles. The van der Waals surface area contributed by atoms with Gasteiger partial charge in [0.15, 0.2) is 0 Å². The van der Waals surface area contributed by atoms with Crippen molar-refractivity contribution in [3.05, 3.63) is 57.0 Å². The predicted molar refractivity (Wildman–Crippen MR) is 59.2 cm³/mol. The van der Waals surface area contributed by atoms with E-state index >= 15 is 0 Å². The molecular formula is C11H6ClFOS. The third kappa shape index (κ3) is 2.25. The molecule has 0 saturated carbocycles. The Morgan fingerprint density at radius 3 is 2.47 bits per heavy atom.